The first-order chi connectivity index (χ1) is 9.46. The molecule has 1 aromatic carbocycles. The van der Waals surface area contributed by atoms with Crippen molar-refractivity contribution in [1.29, 1.82) is 0 Å². The summed E-state index contributed by atoms with van der Waals surface area (Å²) in [7, 11) is 0. The lowest BCUT2D eigenvalue weighted by atomic mass is 10.1. The van der Waals surface area contributed by atoms with Crippen molar-refractivity contribution in [1.82, 2.24) is 10.3 Å². The van der Waals surface area contributed by atoms with Crippen LogP contribution in [0.3, 0.4) is 0 Å². The van der Waals surface area contributed by atoms with Crippen LogP contribution in [0.15, 0.2) is 29.1 Å². The zero-order chi connectivity index (χ0) is 14.6. The van der Waals surface area contributed by atoms with Crippen LogP contribution in [0.1, 0.15) is 37.6 Å². The molecule has 1 N–H and O–H groups in total. The molecule has 2 rings (SSSR count). The molecule has 4 heteroatoms. The van der Waals surface area contributed by atoms with E-state index in [1.165, 1.54) is 5.56 Å². The number of nitrogens with zero attached hydrogens (tertiary/aromatic N) is 1. The molecule has 20 heavy (non-hydrogen) atoms. The van der Waals surface area contributed by atoms with E-state index in [2.05, 4.69) is 56.2 Å². The van der Waals surface area contributed by atoms with Crippen LogP contribution in [0.2, 0.25) is 0 Å². The number of ether oxygens (including phenoxy) is 1. The predicted octanol–water partition coefficient (Wildman–Crippen LogP) is 3.92. The lowest BCUT2D eigenvalue weighted by Gasteiger charge is -2.22. The highest BCUT2D eigenvalue weighted by Crippen LogP contribution is 2.25. The Bertz CT molecular complexity index is 544. The van der Waals surface area contributed by atoms with Gasteiger partial charge in [-0.3, -0.25) is 0 Å². The van der Waals surface area contributed by atoms with Gasteiger partial charge in [-0.15, -0.1) is 11.3 Å². The molecule has 0 spiro atoms. The molecule has 0 bridgehead atoms. The average Bonchev–Trinajstić information content (AvgIpc) is 2.87. The van der Waals surface area contributed by atoms with Crippen molar-refractivity contribution in [3.05, 3.63) is 45.9 Å². The fraction of sp³-hybridized carbons (Fsp3) is 0.438. The van der Waals surface area contributed by atoms with Gasteiger partial charge in [-0.1, -0.05) is 18.2 Å². The van der Waals surface area contributed by atoms with E-state index in [9.17, 15) is 0 Å². The monoisotopic (exact) mass is 290 g/mol. The zero-order valence-electron chi connectivity index (χ0n) is 12.6. The minimum Gasteiger partial charge on any atom is -0.487 e. The van der Waals surface area contributed by atoms with E-state index in [1.807, 2.05) is 10.9 Å². The van der Waals surface area contributed by atoms with E-state index in [0.29, 0.717) is 6.61 Å². The first-order valence-electron chi connectivity index (χ1n) is 6.79. The quantitative estimate of drug-likeness (QED) is 0.906. The van der Waals surface area contributed by atoms with E-state index in [0.717, 1.165) is 23.6 Å². The summed E-state index contributed by atoms with van der Waals surface area (Å²) in [6, 6.07) is 6.27. The van der Waals surface area contributed by atoms with E-state index >= 15 is 0 Å². The van der Waals surface area contributed by atoms with Crippen LogP contribution in [-0.2, 0) is 13.2 Å². The topological polar surface area (TPSA) is 34.1 Å². The molecule has 1 heterocycles. The van der Waals surface area contributed by atoms with Gasteiger partial charge in [0.05, 0.1) is 11.2 Å². The van der Waals surface area contributed by atoms with Crippen molar-refractivity contribution in [2.45, 2.75) is 46.4 Å². The average molecular weight is 290 g/mol. The lowest BCUT2D eigenvalue weighted by Crippen LogP contribution is -2.35. The highest BCUT2D eigenvalue weighted by atomic mass is 32.1. The highest BCUT2D eigenvalue weighted by Gasteiger charge is 2.12. The minimum absolute atomic E-state index is 0.0932. The van der Waals surface area contributed by atoms with Crippen molar-refractivity contribution >= 4 is 11.3 Å². The van der Waals surface area contributed by atoms with Gasteiger partial charge in [0.25, 0.3) is 0 Å². The number of para-hydroxylation sites is 1. The van der Waals surface area contributed by atoms with Crippen LogP contribution in [0.25, 0.3) is 0 Å². The lowest BCUT2D eigenvalue weighted by molar-refractivity contribution is 0.294. The van der Waals surface area contributed by atoms with Gasteiger partial charge >= 0.3 is 0 Å². The Morgan fingerprint density at radius 1 is 1.30 bits per heavy atom. The maximum absolute atomic E-state index is 5.98. The molecule has 0 amide bonds. The van der Waals surface area contributed by atoms with Crippen molar-refractivity contribution in [2.75, 3.05) is 0 Å². The second-order valence-electron chi connectivity index (χ2n) is 5.94. The number of hydrogen-bond donors (Lipinski definition) is 1. The van der Waals surface area contributed by atoms with Crippen LogP contribution < -0.4 is 10.1 Å². The molecule has 0 aliphatic rings. The third kappa shape index (κ3) is 4.32. The second kappa shape index (κ2) is 6.37. The summed E-state index contributed by atoms with van der Waals surface area (Å²) >= 11 is 1.59. The Hall–Kier alpha value is -1.39. The van der Waals surface area contributed by atoms with E-state index in [-0.39, 0.29) is 5.54 Å². The highest BCUT2D eigenvalue weighted by molar-refractivity contribution is 7.07. The summed E-state index contributed by atoms with van der Waals surface area (Å²) in [5.74, 6) is 0.970. The van der Waals surface area contributed by atoms with Gasteiger partial charge < -0.3 is 10.1 Å². The Labute approximate surface area is 125 Å². The molecule has 0 aliphatic heterocycles. The van der Waals surface area contributed by atoms with Crippen LogP contribution in [-0.4, -0.2) is 10.5 Å². The van der Waals surface area contributed by atoms with Gasteiger partial charge in [0, 0.05) is 23.0 Å². The third-order valence-corrected chi connectivity index (χ3v) is 3.59. The molecule has 0 atom stereocenters. The molecule has 0 saturated carbocycles. The molecule has 0 fully saturated rings. The summed E-state index contributed by atoms with van der Waals surface area (Å²) in [6.07, 6.45) is 0. The van der Waals surface area contributed by atoms with Crippen molar-refractivity contribution < 1.29 is 4.74 Å². The van der Waals surface area contributed by atoms with E-state index in [1.54, 1.807) is 11.3 Å². The first-order valence-corrected chi connectivity index (χ1v) is 7.73. The van der Waals surface area contributed by atoms with Crippen molar-refractivity contribution in [2.24, 2.45) is 0 Å². The van der Waals surface area contributed by atoms with Crippen LogP contribution in [0.5, 0.6) is 5.75 Å². The Morgan fingerprint density at radius 2 is 2.10 bits per heavy atom. The molecule has 108 valence electrons. The molecule has 0 aliphatic carbocycles. The molecule has 2 aromatic rings. The summed E-state index contributed by atoms with van der Waals surface area (Å²) in [5.41, 5.74) is 5.26. The third-order valence-electron chi connectivity index (χ3n) is 2.95. The summed E-state index contributed by atoms with van der Waals surface area (Å²) in [6.45, 7) is 9.90. The van der Waals surface area contributed by atoms with Gasteiger partial charge in [0.15, 0.2) is 0 Å². The zero-order valence-corrected chi connectivity index (χ0v) is 13.4. The van der Waals surface area contributed by atoms with Crippen molar-refractivity contribution in [3.63, 3.8) is 0 Å². The van der Waals surface area contributed by atoms with E-state index < -0.39 is 0 Å². The van der Waals surface area contributed by atoms with Crippen molar-refractivity contribution in [3.8, 4) is 5.75 Å². The standard InChI is InChI=1S/C16H22N2OS/c1-12-6-5-7-13(8-18-16(2,3)4)15(12)19-9-14-10-20-11-17-14/h5-7,10-11,18H,8-9H2,1-4H3. The number of hydrogen-bond acceptors (Lipinski definition) is 4. The summed E-state index contributed by atoms with van der Waals surface area (Å²) < 4.78 is 5.98. The van der Waals surface area contributed by atoms with Crippen LogP contribution in [0, 0.1) is 6.92 Å². The smallest absolute Gasteiger partial charge is 0.131 e. The fourth-order valence-electron chi connectivity index (χ4n) is 1.87. The molecule has 0 saturated heterocycles. The van der Waals surface area contributed by atoms with Gasteiger partial charge in [-0.25, -0.2) is 4.98 Å². The largest absolute Gasteiger partial charge is 0.487 e. The number of aromatic nitrogens is 1. The molecule has 3 nitrogen and oxygen atoms in total. The molecular formula is C16H22N2OS. The maximum atomic E-state index is 5.98. The summed E-state index contributed by atoms with van der Waals surface area (Å²) in [4.78, 5) is 4.25. The maximum Gasteiger partial charge on any atom is 0.131 e. The first kappa shape index (κ1) is 15.0. The van der Waals surface area contributed by atoms with Crippen LogP contribution in [0.4, 0.5) is 0 Å². The number of thiazole rings is 1. The molecular weight excluding hydrogens is 268 g/mol. The van der Waals surface area contributed by atoms with Gasteiger partial charge in [-0.2, -0.15) is 0 Å². The number of rotatable bonds is 5. The number of nitrogens with one attached hydrogen (secondary N) is 1. The minimum atomic E-state index is 0.0932. The Balaban J connectivity index is 2.09. The van der Waals surface area contributed by atoms with Gasteiger partial charge in [0.2, 0.25) is 0 Å². The van der Waals surface area contributed by atoms with Gasteiger partial charge in [0.1, 0.15) is 12.4 Å². The SMILES string of the molecule is Cc1cccc(CNC(C)(C)C)c1OCc1cscn1. The molecule has 0 radical (unpaired) electrons. The van der Waals surface area contributed by atoms with E-state index in [4.69, 9.17) is 4.74 Å². The Morgan fingerprint density at radius 3 is 2.75 bits per heavy atom. The number of aryl methyl sites for hydroxylation is 1. The Kier molecular flexibility index (Phi) is 4.78. The number of benzene rings is 1. The predicted molar refractivity (Wildman–Crippen MR) is 84.2 cm³/mol. The summed E-state index contributed by atoms with van der Waals surface area (Å²) in [5, 5.41) is 5.52. The normalized spacial score (nSPS) is 11.6. The van der Waals surface area contributed by atoms with Gasteiger partial charge in [-0.05, 0) is 33.3 Å². The fourth-order valence-corrected chi connectivity index (χ4v) is 2.42. The molecule has 1 aromatic heterocycles. The van der Waals surface area contributed by atoms with Crippen LogP contribution >= 0.6 is 11.3 Å². The molecule has 0 unspecified atom stereocenters. The second-order valence-corrected chi connectivity index (χ2v) is 6.65.